The molecular formula is C15H19ClN4O. The number of hydrogen-bond donors (Lipinski definition) is 2. The summed E-state index contributed by atoms with van der Waals surface area (Å²) >= 11 is 5.98. The number of nitrogens with zero attached hydrogens (tertiary/aromatic N) is 2. The third-order valence-electron chi connectivity index (χ3n) is 3.32. The Kier molecular flexibility index (Phi) is 4.98. The molecule has 2 unspecified atom stereocenters. The molecule has 2 atom stereocenters. The third-order valence-corrected chi connectivity index (χ3v) is 3.55. The second kappa shape index (κ2) is 6.74. The minimum atomic E-state index is -0.430. The van der Waals surface area contributed by atoms with Crippen LogP contribution in [0.15, 0.2) is 36.7 Å². The Balaban J connectivity index is 2.09. The number of aryl methyl sites for hydroxylation is 1. The topological polar surface area (TPSA) is 59.0 Å². The number of halogens is 1. The van der Waals surface area contributed by atoms with Crippen LogP contribution in [0.1, 0.15) is 30.1 Å². The summed E-state index contributed by atoms with van der Waals surface area (Å²) in [6.07, 6.45) is 3.51. The van der Waals surface area contributed by atoms with Crippen molar-refractivity contribution in [3.63, 3.8) is 0 Å². The highest BCUT2D eigenvalue weighted by molar-refractivity contribution is 6.30. The number of aromatic nitrogens is 2. The predicted octanol–water partition coefficient (Wildman–Crippen LogP) is 2.21. The van der Waals surface area contributed by atoms with Gasteiger partial charge in [0, 0.05) is 23.8 Å². The number of amides is 1. The lowest BCUT2D eigenvalue weighted by molar-refractivity contribution is -0.123. The van der Waals surface area contributed by atoms with Crippen molar-refractivity contribution in [2.24, 2.45) is 7.05 Å². The molecule has 112 valence electrons. The van der Waals surface area contributed by atoms with E-state index in [9.17, 15) is 4.79 Å². The maximum atomic E-state index is 12.4. The summed E-state index contributed by atoms with van der Waals surface area (Å²) in [4.78, 5) is 12.4. The Bertz CT molecular complexity index is 626. The Hall–Kier alpha value is -1.85. The predicted molar refractivity (Wildman–Crippen MR) is 83.0 cm³/mol. The number of carbonyl (C=O) groups excluding carboxylic acids is 1. The summed E-state index contributed by atoms with van der Waals surface area (Å²) in [6.45, 7) is 1.93. The highest BCUT2D eigenvalue weighted by Crippen LogP contribution is 2.19. The van der Waals surface area contributed by atoms with E-state index in [1.165, 1.54) is 0 Å². The summed E-state index contributed by atoms with van der Waals surface area (Å²) in [5.74, 6) is -0.0991. The summed E-state index contributed by atoms with van der Waals surface area (Å²) < 4.78 is 1.67. The van der Waals surface area contributed by atoms with Crippen LogP contribution in [0.3, 0.4) is 0 Å². The van der Waals surface area contributed by atoms with Crippen LogP contribution in [0.4, 0.5) is 0 Å². The minimum Gasteiger partial charge on any atom is -0.348 e. The molecule has 0 saturated heterocycles. The summed E-state index contributed by atoms with van der Waals surface area (Å²) in [6, 6.07) is 6.92. The van der Waals surface area contributed by atoms with E-state index in [0.717, 1.165) is 11.1 Å². The van der Waals surface area contributed by atoms with E-state index in [1.54, 1.807) is 17.9 Å². The molecule has 0 aliphatic carbocycles. The first-order chi connectivity index (χ1) is 10.0. The zero-order chi connectivity index (χ0) is 15.4. The monoisotopic (exact) mass is 306 g/mol. The van der Waals surface area contributed by atoms with Gasteiger partial charge in [-0.2, -0.15) is 5.10 Å². The van der Waals surface area contributed by atoms with Gasteiger partial charge < -0.3 is 10.6 Å². The van der Waals surface area contributed by atoms with Crippen molar-refractivity contribution < 1.29 is 4.79 Å². The number of carbonyl (C=O) groups is 1. The lowest BCUT2D eigenvalue weighted by Gasteiger charge is -2.19. The Morgan fingerprint density at radius 3 is 2.71 bits per heavy atom. The fourth-order valence-electron chi connectivity index (χ4n) is 2.19. The highest BCUT2D eigenvalue weighted by atomic mass is 35.5. The minimum absolute atomic E-state index is 0.0991. The van der Waals surface area contributed by atoms with Gasteiger partial charge in [-0.3, -0.25) is 9.48 Å². The third kappa shape index (κ3) is 3.83. The van der Waals surface area contributed by atoms with Gasteiger partial charge in [0.2, 0.25) is 5.91 Å². The van der Waals surface area contributed by atoms with Crippen LogP contribution in [0, 0.1) is 0 Å². The summed E-state index contributed by atoms with van der Waals surface area (Å²) in [5.41, 5.74) is 1.80. The molecule has 6 heteroatoms. The standard InChI is InChI=1S/C15H19ClN4O/c1-10(11-5-4-6-13(16)7-11)19-15(21)14(17-2)12-8-18-20(3)9-12/h4-10,14,17H,1-3H3,(H,19,21). The normalized spacial score (nSPS) is 13.7. The van der Waals surface area contributed by atoms with Crippen molar-refractivity contribution in [1.29, 1.82) is 0 Å². The fraction of sp³-hybridized carbons (Fsp3) is 0.333. The SMILES string of the molecule is CNC(C(=O)NC(C)c1cccc(Cl)c1)c1cnn(C)c1. The molecule has 0 spiro atoms. The van der Waals surface area contributed by atoms with Crippen molar-refractivity contribution in [3.05, 3.63) is 52.8 Å². The van der Waals surface area contributed by atoms with Gasteiger partial charge in [-0.05, 0) is 31.7 Å². The van der Waals surface area contributed by atoms with Crippen LogP contribution in [-0.4, -0.2) is 22.7 Å². The van der Waals surface area contributed by atoms with Gasteiger partial charge in [0.05, 0.1) is 12.2 Å². The van der Waals surface area contributed by atoms with Crippen molar-refractivity contribution in [2.45, 2.75) is 19.0 Å². The lowest BCUT2D eigenvalue weighted by Crippen LogP contribution is -2.37. The molecule has 1 aromatic heterocycles. The van der Waals surface area contributed by atoms with Gasteiger partial charge in [-0.15, -0.1) is 0 Å². The van der Waals surface area contributed by atoms with Crippen LogP contribution in [0.25, 0.3) is 0 Å². The van der Waals surface area contributed by atoms with E-state index < -0.39 is 6.04 Å². The van der Waals surface area contributed by atoms with E-state index in [0.29, 0.717) is 5.02 Å². The van der Waals surface area contributed by atoms with Crippen molar-refractivity contribution in [3.8, 4) is 0 Å². The first kappa shape index (κ1) is 15.5. The van der Waals surface area contributed by atoms with Crippen LogP contribution < -0.4 is 10.6 Å². The summed E-state index contributed by atoms with van der Waals surface area (Å²) in [5, 5.41) is 10.7. The lowest BCUT2D eigenvalue weighted by atomic mass is 10.1. The van der Waals surface area contributed by atoms with Crippen LogP contribution in [-0.2, 0) is 11.8 Å². The van der Waals surface area contributed by atoms with Crippen molar-refractivity contribution in [1.82, 2.24) is 20.4 Å². The van der Waals surface area contributed by atoms with Crippen LogP contribution in [0.2, 0.25) is 5.02 Å². The van der Waals surface area contributed by atoms with Gasteiger partial charge in [0.15, 0.2) is 0 Å². The second-order valence-electron chi connectivity index (χ2n) is 4.95. The molecule has 0 saturated carbocycles. The molecule has 1 heterocycles. The molecule has 0 fully saturated rings. The Morgan fingerprint density at radius 2 is 2.14 bits per heavy atom. The van der Waals surface area contributed by atoms with Crippen LogP contribution in [0.5, 0.6) is 0 Å². The van der Waals surface area contributed by atoms with E-state index in [2.05, 4.69) is 15.7 Å². The number of likely N-dealkylation sites (N-methyl/N-ethyl adjacent to an activating group) is 1. The number of hydrogen-bond acceptors (Lipinski definition) is 3. The fourth-order valence-corrected chi connectivity index (χ4v) is 2.39. The quantitative estimate of drug-likeness (QED) is 0.890. The van der Waals surface area contributed by atoms with Gasteiger partial charge in [-0.1, -0.05) is 23.7 Å². The zero-order valence-corrected chi connectivity index (χ0v) is 13.1. The molecule has 2 rings (SSSR count). The van der Waals surface area contributed by atoms with E-state index in [-0.39, 0.29) is 11.9 Å². The maximum Gasteiger partial charge on any atom is 0.242 e. The molecule has 1 aromatic carbocycles. The van der Waals surface area contributed by atoms with Crippen LogP contribution >= 0.6 is 11.6 Å². The molecule has 0 bridgehead atoms. The van der Waals surface area contributed by atoms with Gasteiger partial charge in [0.25, 0.3) is 0 Å². The van der Waals surface area contributed by atoms with E-state index in [4.69, 9.17) is 11.6 Å². The average Bonchev–Trinajstić information content (AvgIpc) is 2.86. The molecule has 21 heavy (non-hydrogen) atoms. The number of benzene rings is 1. The van der Waals surface area contributed by atoms with Gasteiger partial charge >= 0.3 is 0 Å². The largest absolute Gasteiger partial charge is 0.348 e. The summed E-state index contributed by atoms with van der Waals surface area (Å²) in [7, 11) is 3.57. The molecule has 2 N–H and O–H groups in total. The highest BCUT2D eigenvalue weighted by Gasteiger charge is 2.21. The molecular weight excluding hydrogens is 288 g/mol. The van der Waals surface area contributed by atoms with Gasteiger partial charge in [0.1, 0.15) is 6.04 Å². The molecule has 0 radical (unpaired) electrons. The smallest absolute Gasteiger partial charge is 0.242 e. The molecule has 2 aromatic rings. The molecule has 0 aliphatic heterocycles. The Labute approximate surface area is 129 Å². The average molecular weight is 307 g/mol. The Morgan fingerprint density at radius 1 is 1.38 bits per heavy atom. The molecule has 5 nitrogen and oxygen atoms in total. The maximum absolute atomic E-state index is 12.4. The van der Waals surface area contributed by atoms with Crippen molar-refractivity contribution >= 4 is 17.5 Å². The van der Waals surface area contributed by atoms with Gasteiger partial charge in [-0.25, -0.2) is 0 Å². The number of rotatable bonds is 5. The first-order valence-electron chi connectivity index (χ1n) is 6.73. The zero-order valence-electron chi connectivity index (χ0n) is 12.3. The molecule has 1 amide bonds. The molecule has 0 aliphatic rings. The van der Waals surface area contributed by atoms with E-state index >= 15 is 0 Å². The first-order valence-corrected chi connectivity index (χ1v) is 7.10. The second-order valence-corrected chi connectivity index (χ2v) is 5.39. The van der Waals surface area contributed by atoms with E-state index in [1.807, 2.05) is 44.4 Å². The number of nitrogens with one attached hydrogen (secondary N) is 2. The van der Waals surface area contributed by atoms with Crippen molar-refractivity contribution in [2.75, 3.05) is 7.05 Å².